The van der Waals surface area contributed by atoms with Gasteiger partial charge in [0.05, 0.1) is 23.9 Å². The van der Waals surface area contributed by atoms with E-state index in [4.69, 9.17) is 0 Å². The second kappa shape index (κ2) is 12.8. The topological polar surface area (TPSA) is 109 Å². The zero-order chi connectivity index (χ0) is 33.5. The Morgan fingerprint density at radius 1 is 0.957 bits per heavy atom. The molecule has 10 nitrogen and oxygen atoms in total. The zero-order valence-corrected chi connectivity index (χ0v) is 27.4. The Kier molecular flexibility index (Phi) is 8.80. The smallest absolute Gasteiger partial charge is 0.282 e. The van der Waals surface area contributed by atoms with Gasteiger partial charge < -0.3 is 19.9 Å². The van der Waals surface area contributed by atoms with Crippen molar-refractivity contribution < 1.29 is 9.50 Å². The number of hydrogen-bond acceptors (Lipinski definition) is 8. The predicted octanol–water partition coefficient (Wildman–Crippen LogP) is 4.57. The van der Waals surface area contributed by atoms with Gasteiger partial charge in [0.1, 0.15) is 17.3 Å². The normalized spacial score (nSPS) is 14.5. The number of aliphatic hydroxyl groups is 1. The van der Waals surface area contributed by atoms with Gasteiger partial charge in [-0.2, -0.15) is 9.78 Å². The van der Waals surface area contributed by atoms with Gasteiger partial charge in [-0.15, -0.1) is 0 Å². The Labute approximate surface area is 272 Å². The zero-order valence-electron chi connectivity index (χ0n) is 27.4. The van der Waals surface area contributed by atoms with E-state index in [1.807, 2.05) is 39.1 Å². The molecular weight excluding hydrogens is 597 g/mol. The highest BCUT2D eigenvalue weighted by atomic mass is 19.1. The Morgan fingerprint density at radius 3 is 2.40 bits per heavy atom. The molecule has 1 aliphatic rings. The second-order valence-corrected chi connectivity index (χ2v) is 13.3. The molecule has 3 aromatic heterocycles. The van der Waals surface area contributed by atoms with Gasteiger partial charge in [0.15, 0.2) is 0 Å². The molecule has 4 heterocycles. The number of aliphatic hydroxyl groups excluding tert-OH is 1. The number of aryl methyl sites for hydroxylation is 1. The number of rotatable bonds is 7. The van der Waals surface area contributed by atoms with Crippen molar-refractivity contribution in [3.05, 3.63) is 110 Å². The number of likely N-dealkylation sites (N-methyl/N-ethyl adjacent to an activating group) is 1. The maximum absolute atomic E-state index is 15.4. The summed E-state index contributed by atoms with van der Waals surface area (Å²) < 4.78 is 17.9. The van der Waals surface area contributed by atoms with Gasteiger partial charge in [-0.1, -0.05) is 39.0 Å². The molecule has 1 fully saturated rings. The number of nitrogens with one attached hydrogen (secondary N) is 1. The maximum atomic E-state index is 15.4. The monoisotopic (exact) mass is 637 g/mol. The highest BCUT2D eigenvalue weighted by Crippen LogP contribution is 2.31. The summed E-state index contributed by atoms with van der Waals surface area (Å²) in [6, 6.07) is 13.9. The number of nitrogens with zero attached hydrogens (tertiary/aromatic N) is 6. The fourth-order valence-electron chi connectivity index (χ4n) is 5.99. The van der Waals surface area contributed by atoms with Gasteiger partial charge in [-0.25, -0.2) is 9.37 Å². The van der Waals surface area contributed by atoms with Crippen molar-refractivity contribution in [3.63, 3.8) is 0 Å². The lowest BCUT2D eigenvalue weighted by Crippen LogP contribution is -2.43. The van der Waals surface area contributed by atoms with Crippen LogP contribution < -0.4 is 16.4 Å². The molecular formula is C36H40FN7O3. The minimum Gasteiger partial charge on any atom is -0.392 e. The van der Waals surface area contributed by atoms with E-state index in [1.54, 1.807) is 43.6 Å². The lowest BCUT2D eigenvalue weighted by molar-refractivity contribution is 0.148. The van der Waals surface area contributed by atoms with Crippen molar-refractivity contribution in [2.75, 3.05) is 38.5 Å². The first-order valence-corrected chi connectivity index (χ1v) is 15.7. The third-order valence-corrected chi connectivity index (χ3v) is 8.83. The van der Waals surface area contributed by atoms with Crippen LogP contribution in [0, 0.1) is 5.82 Å². The van der Waals surface area contributed by atoms with Crippen LogP contribution in [0.5, 0.6) is 0 Å². The highest BCUT2D eigenvalue weighted by Gasteiger charge is 2.21. The molecule has 11 heteroatoms. The molecule has 0 bridgehead atoms. The lowest BCUT2D eigenvalue weighted by atomic mass is 9.86. The molecule has 0 radical (unpaired) electrons. The Bertz CT molecular complexity index is 2060. The molecule has 6 rings (SSSR count). The number of aromatic nitrogens is 4. The first-order valence-electron chi connectivity index (χ1n) is 15.7. The summed E-state index contributed by atoms with van der Waals surface area (Å²) in [5.74, 6) is -0.0916. The van der Waals surface area contributed by atoms with Gasteiger partial charge >= 0.3 is 0 Å². The van der Waals surface area contributed by atoms with E-state index in [9.17, 15) is 14.7 Å². The van der Waals surface area contributed by atoms with Crippen molar-refractivity contribution in [2.45, 2.75) is 39.3 Å². The van der Waals surface area contributed by atoms with Gasteiger partial charge in [0.2, 0.25) is 0 Å². The van der Waals surface area contributed by atoms with Crippen LogP contribution in [0.1, 0.15) is 37.5 Å². The minimum absolute atomic E-state index is 0.0714. The van der Waals surface area contributed by atoms with Crippen LogP contribution in [0.3, 0.4) is 0 Å². The highest BCUT2D eigenvalue weighted by molar-refractivity contribution is 5.83. The van der Waals surface area contributed by atoms with E-state index in [1.165, 1.54) is 16.8 Å². The number of hydrogen-bond donors (Lipinski definition) is 2. The molecule has 0 spiro atoms. The quantitative estimate of drug-likeness (QED) is 0.267. The standard InChI is InChI=1S/C36H40FN7O3/c1-36(2,3)26-15-24-19-39-44(35(47)33(24)29(37)17-26)31-8-6-7-27(28(31)22-45)25-16-30(34(46)42(5)21-25)40-32-10-9-23(18-38-32)20-43-13-11-41(4)12-14-43/h6-10,15-19,21,45H,11-14,20,22H2,1-5H3,(H,38,40). The number of pyridine rings is 2. The van der Waals surface area contributed by atoms with Crippen LogP contribution in [-0.2, 0) is 25.6 Å². The predicted molar refractivity (Wildman–Crippen MR) is 183 cm³/mol. The summed E-state index contributed by atoms with van der Waals surface area (Å²) in [7, 11) is 3.78. The summed E-state index contributed by atoms with van der Waals surface area (Å²) in [6.07, 6.45) is 4.96. The molecule has 2 N–H and O–H groups in total. The summed E-state index contributed by atoms with van der Waals surface area (Å²) >= 11 is 0. The molecule has 1 saturated heterocycles. The van der Waals surface area contributed by atoms with Crippen molar-refractivity contribution in [2.24, 2.45) is 7.05 Å². The van der Waals surface area contributed by atoms with Gasteiger partial charge in [0.25, 0.3) is 11.1 Å². The summed E-state index contributed by atoms with van der Waals surface area (Å²) in [4.78, 5) is 36.1. The van der Waals surface area contributed by atoms with Crippen LogP contribution >= 0.6 is 0 Å². The summed E-state index contributed by atoms with van der Waals surface area (Å²) in [5.41, 5.74) is 2.91. The largest absolute Gasteiger partial charge is 0.392 e. The summed E-state index contributed by atoms with van der Waals surface area (Å²) in [5, 5.41) is 18.5. The molecule has 0 saturated carbocycles. The van der Waals surface area contributed by atoms with E-state index >= 15 is 4.39 Å². The second-order valence-electron chi connectivity index (χ2n) is 13.3. The molecule has 0 aliphatic carbocycles. The minimum atomic E-state index is -0.628. The first kappa shape index (κ1) is 32.2. The fourth-order valence-corrected chi connectivity index (χ4v) is 5.99. The molecule has 2 aromatic carbocycles. The molecule has 5 aromatic rings. The van der Waals surface area contributed by atoms with Crippen molar-refractivity contribution in [1.82, 2.24) is 29.1 Å². The van der Waals surface area contributed by atoms with E-state index in [2.05, 4.69) is 32.2 Å². The first-order chi connectivity index (χ1) is 22.4. The third kappa shape index (κ3) is 6.60. The Hall–Kier alpha value is -4.71. The number of fused-ring (bicyclic) bond motifs is 1. The Balaban J connectivity index is 1.33. The number of piperazine rings is 1. The average molecular weight is 638 g/mol. The summed E-state index contributed by atoms with van der Waals surface area (Å²) in [6.45, 7) is 10.4. The van der Waals surface area contributed by atoms with Crippen LogP contribution in [0.15, 0.2) is 76.7 Å². The maximum Gasteiger partial charge on any atom is 0.282 e. The number of halogens is 1. The van der Waals surface area contributed by atoms with E-state index < -0.39 is 18.0 Å². The fraction of sp³-hybridized carbons (Fsp3) is 0.333. The lowest BCUT2D eigenvalue weighted by Gasteiger charge is -2.32. The van der Waals surface area contributed by atoms with Crippen LogP contribution in [0.25, 0.3) is 27.6 Å². The van der Waals surface area contributed by atoms with Crippen LogP contribution in [0.4, 0.5) is 15.9 Å². The van der Waals surface area contributed by atoms with E-state index in [0.717, 1.165) is 48.5 Å². The van der Waals surface area contributed by atoms with E-state index in [-0.39, 0.29) is 16.4 Å². The molecule has 0 amide bonds. The molecule has 0 atom stereocenters. The van der Waals surface area contributed by atoms with Gasteiger partial charge in [-0.05, 0) is 59.5 Å². The van der Waals surface area contributed by atoms with Crippen molar-refractivity contribution in [3.8, 4) is 16.8 Å². The van der Waals surface area contributed by atoms with Gasteiger partial charge in [-0.3, -0.25) is 14.5 Å². The third-order valence-electron chi connectivity index (χ3n) is 8.83. The number of benzene rings is 2. The SMILES string of the molecule is CN1CCN(Cc2ccc(Nc3cc(-c4cccc(-n5ncc6cc(C(C)(C)C)cc(F)c6c5=O)c4CO)cn(C)c3=O)nc2)CC1. The van der Waals surface area contributed by atoms with Crippen LogP contribution in [-0.4, -0.2) is 67.5 Å². The van der Waals surface area contributed by atoms with E-state index in [0.29, 0.717) is 39.3 Å². The van der Waals surface area contributed by atoms with Gasteiger partial charge in [0, 0.05) is 68.7 Å². The molecule has 1 aliphatic heterocycles. The molecule has 0 unspecified atom stereocenters. The Morgan fingerprint density at radius 2 is 1.72 bits per heavy atom. The number of anilines is 2. The molecule has 244 valence electrons. The molecule has 47 heavy (non-hydrogen) atoms. The van der Waals surface area contributed by atoms with Crippen molar-refractivity contribution in [1.29, 1.82) is 0 Å². The van der Waals surface area contributed by atoms with Crippen LogP contribution in [0.2, 0.25) is 0 Å². The van der Waals surface area contributed by atoms with Crippen molar-refractivity contribution >= 4 is 22.3 Å². The average Bonchev–Trinajstić information content (AvgIpc) is 3.04.